The maximum Gasteiger partial charge on any atom is 0.220 e. The molecule has 0 spiro atoms. The van der Waals surface area contributed by atoms with Gasteiger partial charge in [-0.3, -0.25) is 4.79 Å². The molecule has 0 bridgehead atoms. The molecule has 0 aliphatic carbocycles. The average molecular weight is 228 g/mol. The highest BCUT2D eigenvalue weighted by atomic mass is 16.1. The molecule has 0 radical (unpaired) electrons. The highest BCUT2D eigenvalue weighted by Crippen LogP contribution is 2.05. The molecule has 0 aliphatic rings. The zero-order valence-corrected chi connectivity index (χ0v) is 11.1. The van der Waals surface area contributed by atoms with Crippen molar-refractivity contribution in [3.63, 3.8) is 0 Å². The zero-order chi connectivity index (χ0) is 12.4. The summed E-state index contributed by atoms with van der Waals surface area (Å²) in [6, 6.07) is 0.302. The Morgan fingerprint density at radius 2 is 1.75 bits per heavy atom. The lowest BCUT2D eigenvalue weighted by atomic mass is 10.0. The van der Waals surface area contributed by atoms with Gasteiger partial charge in [0.1, 0.15) is 0 Å². The SMILES string of the molecule is CC(C)CC(C)NC(=O)CCCCCCN. The van der Waals surface area contributed by atoms with Gasteiger partial charge in [-0.05, 0) is 38.6 Å². The van der Waals surface area contributed by atoms with Crippen LogP contribution in [-0.4, -0.2) is 18.5 Å². The van der Waals surface area contributed by atoms with Gasteiger partial charge in [-0.2, -0.15) is 0 Å². The van der Waals surface area contributed by atoms with Crippen LogP contribution in [-0.2, 0) is 4.79 Å². The smallest absolute Gasteiger partial charge is 0.220 e. The van der Waals surface area contributed by atoms with Crippen molar-refractivity contribution in [3.05, 3.63) is 0 Å². The Morgan fingerprint density at radius 3 is 2.31 bits per heavy atom. The molecule has 0 rings (SSSR count). The van der Waals surface area contributed by atoms with Crippen molar-refractivity contribution in [2.75, 3.05) is 6.54 Å². The summed E-state index contributed by atoms with van der Waals surface area (Å²) in [4.78, 5) is 11.5. The minimum atomic E-state index is 0.195. The summed E-state index contributed by atoms with van der Waals surface area (Å²) in [7, 11) is 0. The Hall–Kier alpha value is -0.570. The third-order valence-electron chi connectivity index (χ3n) is 2.59. The maximum absolute atomic E-state index is 11.5. The summed E-state index contributed by atoms with van der Waals surface area (Å²) in [5.74, 6) is 0.834. The third kappa shape index (κ3) is 9.97. The Morgan fingerprint density at radius 1 is 1.12 bits per heavy atom. The highest BCUT2D eigenvalue weighted by molar-refractivity contribution is 5.76. The fraction of sp³-hybridized carbons (Fsp3) is 0.923. The molecule has 3 nitrogen and oxygen atoms in total. The first-order chi connectivity index (χ1) is 7.56. The molecular formula is C13H28N2O. The maximum atomic E-state index is 11.5. The fourth-order valence-electron chi connectivity index (χ4n) is 1.90. The van der Waals surface area contributed by atoms with Gasteiger partial charge < -0.3 is 11.1 Å². The van der Waals surface area contributed by atoms with Crippen LogP contribution in [0.15, 0.2) is 0 Å². The van der Waals surface area contributed by atoms with Crippen molar-refractivity contribution in [3.8, 4) is 0 Å². The number of nitrogens with one attached hydrogen (secondary N) is 1. The lowest BCUT2D eigenvalue weighted by Crippen LogP contribution is -2.33. The minimum Gasteiger partial charge on any atom is -0.354 e. The Kier molecular flexibility index (Phi) is 9.30. The van der Waals surface area contributed by atoms with Crippen LogP contribution in [0.3, 0.4) is 0 Å². The number of carbonyl (C=O) groups excluding carboxylic acids is 1. The van der Waals surface area contributed by atoms with Crippen LogP contribution in [0.25, 0.3) is 0 Å². The topological polar surface area (TPSA) is 55.1 Å². The van der Waals surface area contributed by atoms with E-state index in [2.05, 4.69) is 26.1 Å². The van der Waals surface area contributed by atoms with Gasteiger partial charge in [-0.15, -0.1) is 0 Å². The fourth-order valence-corrected chi connectivity index (χ4v) is 1.90. The Balaban J connectivity index is 3.43. The van der Waals surface area contributed by atoms with Crippen LogP contribution in [0.2, 0.25) is 0 Å². The second-order valence-corrected chi connectivity index (χ2v) is 5.05. The summed E-state index contributed by atoms with van der Waals surface area (Å²) in [5.41, 5.74) is 5.40. The van der Waals surface area contributed by atoms with Crippen molar-refractivity contribution >= 4 is 5.91 Å². The normalized spacial score (nSPS) is 12.8. The number of hydrogen-bond donors (Lipinski definition) is 2. The molecule has 16 heavy (non-hydrogen) atoms. The van der Waals surface area contributed by atoms with Gasteiger partial charge >= 0.3 is 0 Å². The van der Waals surface area contributed by atoms with Crippen LogP contribution >= 0.6 is 0 Å². The molecule has 3 N–H and O–H groups in total. The van der Waals surface area contributed by atoms with E-state index in [9.17, 15) is 4.79 Å². The second kappa shape index (κ2) is 9.64. The quantitative estimate of drug-likeness (QED) is 0.596. The van der Waals surface area contributed by atoms with E-state index >= 15 is 0 Å². The van der Waals surface area contributed by atoms with Crippen molar-refractivity contribution < 1.29 is 4.79 Å². The number of rotatable bonds is 9. The van der Waals surface area contributed by atoms with Crippen molar-refractivity contribution in [2.45, 2.75) is 65.3 Å². The molecular weight excluding hydrogens is 200 g/mol. The first-order valence-electron chi connectivity index (χ1n) is 6.55. The van der Waals surface area contributed by atoms with Gasteiger partial charge in [0.05, 0.1) is 0 Å². The molecule has 1 atom stereocenters. The summed E-state index contributed by atoms with van der Waals surface area (Å²) in [6.45, 7) is 7.19. The second-order valence-electron chi connectivity index (χ2n) is 5.05. The van der Waals surface area contributed by atoms with Crippen LogP contribution in [0, 0.1) is 5.92 Å². The van der Waals surface area contributed by atoms with Crippen molar-refractivity contribution in [1.29, 1.82) is 0 Å². The Bertz CT molecular complexity index is 181. The molecule has 3 heteroatoms. The van der Waals surface area contributed by atoms with E-state index in [-0.39, 0.29) is 5.91 Å². The van der Waals surface area contributed by atoms with E-state index in [0.717, 1.165) is 38.6 Å². The highest BCUT2D eigenvalue weighted by Gasteiger charge is 2.08. The molecule has 0 aromatic rings. The van der Waals surface area contributed by atoms with Gasteiger partial charge in [-0.25, -0.2) is 0 Å². The lowest BCUT2D eigenvalue weighted by Gasteiger charge is -2.15. The standard InChI is InChI=1S/C13H28N2O/c1-11(2)10-12(3)15-13(16)8-6-4-5-7-9-14/h11-12H,4-10,14H2,1-3H3,(H,15,16). The van der Waals surface area contributed by atoms with Crippen LogP contribution in [0.1, 0.15) is 59.3 Å². The summed E-state index contributed by atoms with van der Waals surface area (Å²) >= 11 is 0. The molecule has 0 saturated carbocycles. The monoisotopic (exact) mass is 228 g/mol. The van der Waals surface area contributed by atoms with Gasteiger partial charge in [-0.1, -0.05) is 26.7 Å². The number of hydrogen-bond acceptors (Lipinski definition) is 2. The number of nitrogens with two attached hydrogens (primary N) is 1. The number of amides is 1. The third-order valence-corrected chi connectivity index (χ3v) is 2.59. The van der Waals surface area contributed by atoms with E-state index in [1.807, 2.05) is 0 Å². The molecule has 0 saturated heterocycles. The number of unbranched alkanes of at least 4 members (excludes halogenated alkanes) is 3. The van der Waals surface area contributed by atoms with E-state index in [0.29, 0.717) is 18.4 Å². The van der Waals surface area contributed by atoms with Crippen LogP contribution in [0.4, 0.5) is 0 Å². The molecule has 0 fully saturated rings. The molecule has 96 valence electrons. The van der Waals surface area contributed by atoms with Crippen molar-refractivity contribution in [2.24, 2.45) is 11.7 Å². The van der Waals surface area contributed by atoms with Crippen LogP contribution in [0.5, 0.6) is 0 Å². The Labute approximate surface area is 100 Å². The lowest BCUT2D eigenvalue weighted by molar-refractivity contribution is -0.121. The first-order valence-corrected chi connectivity index (χ1v) is 6.55. The van der Waals surface area contributed by atoms with E-state index in [4.69, 9.17) is 5.73 Å². The average Bonchev–Trinajstić information content (AvgIpc) is 2.15. The van der Waals surface area contributed by atoms with E-state index in [1.54, 1.807) is 0 Å². The van der Waals surface area contributed by atoms with E-state index < -0.39 is 0 Å². The van der Waals surface area contributed by atoms with Gasteiger partial charge in [0.15, 0.2) is 0 Å². The predicted molar refractivity (Wildman–Crippen MR) is 69.2 cm³/mol. The van der Waals surface area contributed by atoms with Crippen molar-refractivity contribution in [1.82, 2.24) is 5.32 Å². The molecule has 0 aromatic carbocycles. The summed E-state index contributed by atoms with van der Waals surface area (Å²) in [6.07, 6.45) is 6.03. The summed E-state index contributed by atoms with van der Waals surface area (Å²) < 4.78 is 0. The zero-order valence-electron chi connectivity index (χ0n) is 11.1. The first kappa shape index (κ1) is 15.4. The minimum absolute atomic E-state index is 0.195. The largest absolute Gasteiger partial charge is 0.354 e. The van der Waals surface area contributed by atoms with Gasteiger partial charge in [0.2, 0.25) is 5.91 Å². The molecule has 0 aromatic heterocycles. The van der Waals surface area contributed by atoms with Gasteiger partial charge in [0.25, 0.3) is 0 Å². The van der Waals surface area contributed by atoms with E-state index in [1.165, 1.54) is 0 Å². The summed E-state index contributed by atoms with van der Waals surface area (Å²) in [5, 5.41) is 3.04. The van der Waals surface area contributed by atoms with Gasteiger partial charge in [0, 0.05) is 12.5 Å². The van der Waals surface area contributed by atoms with Crippen LogP contribution < -0.4 is 11.1 Å². The number of carbonyl (C=O) groups is 1. The molecule has 1 amide bonds. The molecule has 0 heterocycles. The molecule has 1 unspecified atom stereocenters. The predicted octanol–water partition coefficient (Wildman–Crippen LogP) is 2.45. The molecule has 0 aliphatic heterocycles.